The Kier molecular flexibility index (Phi) is 6.61. The summed E-state index contributed by atoms with van der Waals surface area (Å²) < 4.78 is 19.1. The van der Waals surface area contributed by atoms with Crippen LogP contribution in [0.4, 0.5) is 4.39 Å². The molecule has 1 aromatic carbocycles. The highest BCUT2D eigenvalue weighted by molar-refractivity contribution is 5.88. The second kappa shape index (κ2) is 8.28. The largest absolute Gasteiger partial charge is 0.381 e. The van der Waals surface area contributed by atoms with Gasteiger partial charge in [-0.2, -0.15) is 0 Å². The summed E-state index contributed by atoms with van der Waals surface area (Å²) in [5.41, 5.74) is 6.01. The van der Waals surface area contributed by atoms with Crippen molar-refractivity contribution in [1.29, 1.82) is 0 Å². The molecule has 0 atom stereocenters. The lowest BCUT2D eigenvalue weighted by Gasteiger charge is -2.38. The van der Waals surface area contributed by atoms with Crippen molar-refractivity contribution in [3.8, 4) is 0 Å². The van der Waals surface area contributed by atoms with Gasteiger partial charge in [-0.25, -0.2) is 4.39 Å². The molecule has 1 aliphatic carbocycles. The zero-order valence-corrected chi connectivity index (χ0v) is 14.6. The van der Waals surface area contributed by atoms with Crippen LogP contribution in [0.15, 0.2) is 24.3 Å². The Hall–Kier alpha value is -1.17. The summed E-state index contributed by atoms with van der Waals surface area (Å²) in [5, 5.41) is 3.20. The fourth-order valence-corrected chi connectivity index (χ4v) is 3.74. The third-order valence-corrected chi connectivity index (χ3v) is 5.27. The van der Waals surface area contributed by atoms with Crippen molar-refractivity contribution in [2.45, 2.75) is 56.0 Å². The van der Waals surface area contributed by atoms with Crippen molar-refractivity contribution in [2.75, 3.05) is 13.2 Å². The summed E-state index contributed by atoms with van der Waals surface area (Å²) in [7, 11) is 0. The highest BCUT2D eigenvalue weighted by atomic mass is 35.5. The maximum absolute atomic E-state index is 13.7. The summed E-state index contributed by atoms with van der Waals surface area (Å²) in [4.78, 5) is 13.1. The van der Waals surface area contributed by atoms with Crippen LogP contribution in [0.2, 0.25) is 0 Å². The van der Waals surface area contributed by atoms with E-state index >= 15 is 0 Å². The molecule has 134 valence electrons. The highest BCUT2D eigenvalue weighted by Gasteiger charge is 2.42. The molecule has 6 heteroatoms. The quantitative estimate of drug-likeness (QED) is 0.875. The number of ether oxygens (including phenoxy) is 1. The molecule has 1 aromatic rings. The van der Waals surface area contributed by atoms with Crippen molar-refractivity contribution in [1.82, 2.24) is 5.32 Å². The van der Waals surface area contributed by atoms with Crippen molar-refractivity contribution in [3.63, 3.8) is 0 Å². The van der Waals surface area contributed by atoms with Crippen molar-refractivity contribution in [2.24, 2.45) is 5.73 Å². The van der Waals surface area contributed by atoms with Crippen LogP contribution in [-0.2, 0) is 14.9 Å². The lowest BCUT2D eigenvalue weighted by atomic mass is 9.73. The lowest BCUT2D eigenvalue weighted by molar-refractivity contribution is -0.131. The number of carbonyl (C=O) groups excluding carboxylic acids is 1. The Bertz CT molecular complexity index is 556. The highest BCUT2D eigenvalue weighted by Crippen LogP contribution is 2.36. The molecule has 24 heavy (non-hydrogen) atoms. The molecule has 1 saturated heterocycles. The molecule has 3 rings (SSSR count). The minimum atomic E-state index is -0.681. The molecular weight excluding hydrogens is 331 g/mol. The maximum atomic E-state index is 13.7. The summed E-state index contributed by atoms with van der Waals surface area (Å²) in [5.74, 6) is -0.295. The van der Waals surface area contributed by atoms with E-state index in [1.54, 1.807) is 6.07 Å². The standard InChI is InChI=1S/C18H25FN2O2.ClH/c19-14-3-1-2-13(12-14)18(8-10-23-11-9-18)17(22)21-16-6-4-15(20)5-7-16;/h1-3,12,15-16H,4-11,20H2,(H,21,22);1H. The normalized spacial score (nSPS) is 26.2. The first-order valence-corrected chi connectivity index (χ1v) is 8.50. The summed E-state index contributed by atoms with van der Waals surface area (Å²) >= 11 is 0. The molecule has 4 nitrogen and oxygen atoms in total. The molecule has 1 saturated carbocycles. The molecule has 1 amide bonds. The van der Waals surface area contributed by atoms with Gasteiger partial charge in [0.15, 0.2) is 0 Å². The Labute approximate surface area is 148 Å². The maximum Gasteiger partial charge on any atom is 0.231 e. The van der Waals surface area contributed by atoms with E-state index in [1.807, 2.05) is 6.07 Å². The zero-order chi connectivity index (χ0) is 16.3. The number of hydrogen-bond donors (Lipinski definition) is 2. The van der Waals surface area contributed by atoms with Gasteiger partial charge >= 0.3 is 0 Å². The molecule has 1 aliphatic heterocycles. The number of benzene rings is 1. The van der Waals surface area contributed by atoms with Gasteiger partial charge < -0.3 is 15.8 Å². The van der Waals surface area contributed by atoms with Crippen molar-refractivity contribution >= 4 is 18.3 Å². The Morgan fingerprint density at radius 1 is 1.21 bits per heavy atom. The number of nitrogens with two attached hydrogens (primary N) is 1. The average molecular weight is 357 g/mol. The molecule has 0 bridgehead atoms. The minimum absolute atomic E-state index is 0. The van der Waals surface area contributed by atoms with Crippen LogP contribution in [0.1, 0.15) is 44.1 Å². The van der Waals surface area contributed by atoms with Crippen molar-refractivity contribution < 1.29 is 13.9 Å². The van der Waals surface area contributed by atoms with Crippen LogP contribution in [0.25, 0.3) is 0 Å². The van der Waals surface area contributed by atoms with E-state index in [0.717, 1.165) is 31.2 Å². The van der Waals surface area contributed by atoms with Gasteiger partial charge in [0.25, 0.3) is 0 Å². The van der Waals surface area contributed by atoms with E-state index in [9.17, 15) is 9.18 Å². The van der Waals surface area contributed by atoms with Gasteiger partial charge in [0.1, 0.15) is 5.82 Å². The van der Waals surface area contributed by atoms with Crippen LogP contribution in [0, 0.1) is 5.82 Å². The van der Waals surface area contributed by atoms with Gasteiger partial charge in [0, 0.05) is 25.3 Å². The van der Waals surface area contributed by atoms with E-state index < -0.39 is 5.41 Å². The fraction of sp³-hybridized carbons (Fsp3) is 0.611. The Morgan fingerprint density at radius 3 is 2.50 bits per heavy atom. The first-order chi connectivity index (χ1) is 11.1. The number of hydrogen-bond acceptors (Lipinski definition) is 3. The Balaban J connectivity index is 0.00000208. The molecule has 0 spiro atoms. The van der Waals surface area contributed by atoms with E-state index in [1.165, 1.54) is 12.1 Å². The average Bonchev–Trinajstić information content (AvgIpc) is 2.57. The lowest BCUT2D eigenvalue weighted by Crippen LogP contribution is -2.52. The number of nitrogens with one attached hydrogen (secondary N) is 1. The predicted molar refractivity (Wildman–Crippen MR) is 93.8 cm³/mol. The third kappa shape index (κ3) is 4.08. The molecule has 0 radical (unpaired) electrons. The predicted octanol–water partition coefficient (Wildman–Crippen LogP) is 2.68. The molecule has 1 heterocycles. The first-order valence-electron chi connectivity index (χ1n) is 8.50. The van der Waals surface area contributed by atoms with Gasteiger partial charge in [0.2, 0.25) is 5.91 Å². The monoisotopic (exact) mass is 356 g/mol. The number of halogens is 2. The number of rotatable bonds is 3. The van der Waals surface area contributed by atoms with E-state index in [2.05, 4.69) is 5.32 Å². The summed E-state index contributed by atoms with van der Waals surface area (Å²) in [6.45, 7) is 1.05. The van der Waals surface area contributed by atoms with Gasteiger partial charge in [0.05, 0.1) is 5.41 Å². The van der Waals surface area contributed by atoms with E-state index in [4.69, 9.17) is 10.5 Å². The molecule has 3 N–H and O–H groups in total. The number of amides is 1. The minimum Gasteiger partial charge on any atom is -0.381 e. The first kappa shape index (κ1) is 19.2. The molecule has 2 fully saturated rings. The van der Waals surface area contributed by atoms with Gasteiger partial charge in [-0.15, -0.1) is 12.4 Å². The van der Waals surface area contributed by atoms with Crippen LogP contribution >= 0.6 is 12.4 Å². The van der Waals surface area contributed by atoms with Crippen LogP contribution in [-0.4, -0.2) is 31.2 Å². The molecular formula is C18H26ClFN2O2. The van der Waals surface area contributed by atoms with Crippen LogP contribution < -0.4 is 11.1 Å². The van der Waals surface area contributed by atoms with Crippen LogP contribution in [0.5, 0.6) is 0 Å². The van der Waals surface area contributed by atoms with Crippen LogP contribution in [0.3, 0.4) is 0 Å². The second-order valence-corrected chi connectivity index (χ2v) is 6.79. The topological polar surface area (TPSA) is 64.3 Å². The molecule has 0 aromatic heterocycles. The molecule has 2 aliphatic rings. The summed E-state index contributed by atoms with van der Waals surface area (Å²) in [6.07, 6.45) is 4.91. The fourth-order valence-electron chi connectivity index (χ4n) is 3.74. The van der Waals surface area contributed by atoms with Crippen molar-refractivity contribution in [3.05, 3.63) is 35.6 Å². The van der Waals surface area contributed by atoms with Gasteiger partial charge in [-0.1, -0.05) is 12.1 Å². The van der Waals surface area contributed by atoms with Gasteiger partial charge in [-0.05, 0) is 56.2 Å². The SMILES string of the molecule is Cl.NC1CCC(NC(=O)C2(c3cccc(F)c3)CCOCC2)CC1. The summed E-state index contributed by atoms with van der Waals surface area (Å²) in [6, 6.07) is 6.86. The third-order valence-electron chi connectivity index (χ3n) is 5.27. The number of carbonyl (C=O) groups is 1. The molecule has 0 unspecified atom stereocenters. The zero-order valence-electron chi connectivity index (χ0n) is 13.8. The van der Waals surface area contributed by atoms with Gasteiger partial charge in [-0.3, -0.25) is 4.79 Å². The van der Waals surface area contributed by atoms with E-state index in [0.29, 0.717) is 26.1 Å². The Morgan fingerprint density at radius 2 is 1.88 bits per heavy atom. The second-order valence-electron chi connectivity index (χ2n) is 6.79. The van der Waals surface area contributed by atoms with E-state index in [-0.39, 0.29) is 36.2 Å². The smallest absolute Gasteiger partial charge is 0.231 e.